The minimum absolute atomic E-state index is 0.120. The number of nitrogens with two attached hydrogens (primary N) is 1. The van der Waals surface area contributed by atoms with Gasteiger partial charge in [0.1, 0.15) is 6.61 Å². The first-order valence-corrected chi connectivity index (χ1v) is 6.22. The Morgan fingerprint density at radius 1 is 1.76 bits per heavy atom. The van der Waals surface area contributed by atoms with Gasteiger partial charge in [-0.25, -0.2) is 0 Å². The van der Waals surface area contributed by atoms with Gasteiger partial charge in [0.05, 0.1) is 6.21 Å². The maximum atomic E-state index is 11.0. The first kappa shape index (κ1) is 13.6. The van der Waals surface area contributed by atoms with E-state index in [-0.39, 0.29) is 11.1 Å². The van der Waals surface area contributed by atoms with E-state index in [4.69, 9.17) is 10.5 Å². The van der Waals surface area contributed by atoms with Gasteiger partial charge in [0.15, 0.2) is 5.11 Å². The molecule has 3 N–H and O–H groups in total. The highest BCUT2D eigenvalue weighted by Gasteiger charge is 2.02. The van der Waals surface area contributed by atoms with E-state index in [0.717, 1.165) is 10.4 Å². The second kappa shape index (κ2) is 6.97. The fourth-order valence-corrected chi connectivity index (χ4v) is 1.77. The molecule has 0 aromatic carbocycles. The molecule has 0 unspecified atom stereocenters. The molecule has 1 aromatic rings. The van der Waals surface area contributed by atoms with E-state index in [1.54, 1.807) is 13.1 Å². The van der Waals surface area contributed by atoms with Crippen molar-refractivity contribution in [3.8, 4) is 0 Å². The van der Waals surface area contributed by atoms with Crippen LogP contribution < -0.4 is 11.2 Å². The van der Waals surface area contributed by atoms with Crippen molar-refractivity contribution in [2.24, 2.45) is 10.8 Å². The van der Waals surface area contributed by atoms with E-state index < -0.39 is 0 Å². The number of thiophene rings is 1. The van der Waals surface area contributed by atoms with Crippen molar-refractivity contribution in [3.63, 3.8) is 0 Å². The molecule has 0 fully saturated rings. The normalized spacial score (nSPS) is 10.4. The Morgan fingerprint density at radius 2 is 2.53 bits per heavy atom. The largest absolute Gasteiger partial charge is 0.461 e. The number of thiocarbonyl (C=S) groups is 1. The number of carbonyl (C=O) groups excluding carboxylic acids is 1. The summed E-state index contributed by atoms with van der Waals surface area (Å²) in [7, 11) is 0. The molecule has 0 aliphatic carbocycles. The minimum atomic E-state index is -0.207. The number of nitrogens with one attached hydrogen (secondary N) is 1. The third-order valence-electron chi connectivity index (χ3n) is 1.73. The molecule has 0 aliphatic rings. The second-order valence-electron chi connectivity index (χ2n) is 3.11. The number of nitrogens with zero attached hydrogens (tertiary/aromatic N) is 1. The number of rotatable bonds is 5. The van der Waals surface area contributed by atoms with Crippen molar-refractivity contribution < 1.29 is 9.53 Å². The fourth-order valence-electron chi connectivity index (χ4n) is 0.963. The van der Waals surface area contributed by atoms with E-state index >= 15 is 0 Å². The minimum Gasteiger partial charge on any atom is -0.461 e. The lowest BCUT2D eigenvalue weighted by molar-refractivity contribution is -0.144. The van der Waals surface area contributed by atoms with Gasteiger partial charge in [-0.05, 0) is 23.7 Å². The Hall–Kier alpha value is -1.47. The molecule has 7 heteroatoms. The lowest BCUT2D eigenvalue weighted by Gasteiger charge is -1.99. The van der Waals surface area contributed by atoms with Crippen molar-refractivity contribution >= 4 is 40.9 Å². The van der Waals surface area contributed by atoms with Gasteiger partial charge in [-0.3, -0.25) is 10.2 Å². The Balaban J connectivity index is 2.45. The molecule has 0 spiro atoms. The van der Waals surface area contributed by atoms with Crippen LogP contribution in [0.25, 0.3) is 0 Å². The van der Waals surface area contributed by atoms with Gasteiger partial charge in [0.2, 0.25) is 0 Å². The van der Waals surface area contributed by atoms with Crippen LogP contribution in [-0.2, 0) is 16.1 Å². The number of hydrogen-bond acceptors (Lipinski definition) is 5. The molecule has 0 bridgehead atoms. The van der Waals surface area contributed by atoms with E-state index in [9.17, 15) is 4.79 Å². The lowest BCUT2D eigenvalue weighted by atomic mass is 10.3. The summed E-state index contributed by atoms with van der Waals surface area (Å²) >= 11 is 6.09. The summed E-state index contributed by atoms with van der Waals surface area (Å²) in [5, 5.41) is 5.86. The van der Waals surface area contributed by atoms with Crippen LogP contribution in [-0.4, -0.2) is 17.3 Å². The highest BCUT2D eigenvalue weighted by atomic mass is 32.1. The molecule has 92 valence electrons. The Kier molecular flexibility index (Phi) is 5.58. The molecule has 0 atom stereocenters. The quantitative estimate of drug-likeness (QED) is 0.366. The number of carbonyl (C=O) groups is 1. The van der Waals surface area contributed by atoms with Crippen molar-refractivity contribution in [1.29, 1.82) is 0 Å². The highest BCUT2D eigenvalue weighted by Crippen LogP contribution is 2.13. The third kappa shape index (κ3) is 5.41. The van der Waals surface area contributed by atoms with Crippen molar-refractivity contribution in [3.05, 3.63) is 21.9 Å². The molecule has 5 nitrogen and oxygen atoms in total. The number of hydrogen-bond donors (Lipinski definition) is 2. The molecule has 0 amide bonds. The third-order valence-corrected chi connectivity index (χ3v) is 2.74. The lowest BCUT2D eigenvalue weighted by Crippen LogP contribution is -2.23. The van der Waals surface area contributed by atoms with Crippen molar-refractivity contribution in [2.45, 2.75) is 20.0 Å². The van der Waals surface area contributed by atoms with Crippen LogP contribution in [0.2, 0.25) is 0 Å². The fraction of sp³-hybridized carbons (Fsp3) is 0.300. The van der Waals surface area contributed by atoms with Gasteiger partial charge in [-0.15, -0.1) is 11.3 Å². The molecule has 1 aromatic heterocycles. The summed E-state index contributed by atoms with van der Waals surface area (Å²) in [6, 6.07) is 1.89. The van der Waals surface area contributed by atoms with Gasteiger partial charge in [-0.1, -0.05) is 6.92 Å². The van der Waals surface area contributed by atoms with Crippen molar-refractivity contribution in [1.82, 2.24) is 5.43 Å². The van der Waals surface area contributed by atoms with Gasteiger partial charge < -0.3 is 10.5 Å². The molecule has 0 saturated heterocycles. The van der Waals surface area contributed by atoms with E-state index in [0.29, 0.717) is 13.0 Å². The number of ether oxygens (including phenoxy) is 1. The summed E-state index contributed by atoms with van der Waals surface area (Å²) in [4.78, 5) is 11.9. The molecule has 0 radical (unpaired) electrons. The summed E-state index contributed by atoms with van der Waals surface area (Å²) < 4.78 is 5.00. The van der Waals surface area contributed by atoms with E-state index in [1.165, 1.54) is 11.3 Å². The SMILES string of the molecule is CCC(=O)OCc1csc(/C=N/NC(N)=S)c1. The standard InChI is InChI=1S/C10H13N3O2S2/c1-2-9(14)15-5-7-3-8(17-6-7)4-12-13-10(11)16/h3-4,6H,2,5H2,1H3,(H3,11,13,16)/b12-4+. The smallest absolute Gasteiger partial charge is 0.305 e. The predicted octanol–water partition coefficient (Wildman–Crippen LogP) is 1.37. The average molecular weight is 271 g/mol. The van der Waals surface area contributed by atoms with E-state index in [1.807, 2.05) is 11.4 Å². The van der Waals surface area contributed by atoms with Crippen LogP contribution in [0.15, 0.2) is 16.5 Å². The zero-order valence-corrected chi connectivity index (χ0v) is 10.9. The maximum Gasteiger partial charge on any atom is 0.305 e. The summed E-state index contributed by atoms with van der Waals surface area (Å²) in [5.41, 5.74) is 8.61. The molecular weight excluding hydrogens is 258 g/mol. The Labute approximate surface area is 109 Å². The van der Waals surface area contributed by atoms with Crippen LogP contribution in [0, 0.1) is 0 Å². The molecule has 0 aliphatic heterocycles. The van der Waals surface area contributed by atoms with Crippen LogP contribution in [0.4, 0.5) is 0 Å². The van der Waals surface area contributed by atoms with Gasteiger partial charge >= 0.3 is 5.97 Å². The molecule has 1 heterocycles. The monoisotopic (exact) mass is 271 g/mol. The zero-order chi connectivity index (χ0) is 12.7. The van der Waals surface area contributed by atoms with Gasteiger partial charge in [0.25, 0.3) is 0 Å². The van der Waals surface area contributed by atoms with Gasteiger partial charge in [-0.2, -0.15) is 5.10 Å². The first-order chi connectivity index (χ1) is 8.11. The summed E-state index contributed by atoms with van der Waals surface area (Å²) in [5.74, 6) is -0.207. The number of esters is 1. The van der Waals surface area contributed by atoms with Gasteiger partial charge in [0, 0.05) is 16.9 Å². The summed E-state index contributed by atoms with van der Waals surface area (Å²) in [6.07, 6.45) is 1.99. The maximum absolute atomic E-state index is 11.0. The molecule has 1 rings (SSSR count). The topological polar surface area (TPSA) is 76.7 Å². The highest BCUT2D eigenvalue weighted by molar-refractivity contribution is 7.80. The summed E-state index contributed by atoms with van der Waals surface area (Å²) in [6.45, 7) is 2.05. The zero-order valence-electron chi connectivity index (χ0n) is 9.30. The Bertz CT molecular complexity index is 429. The van der Waals surface area contributed by atoms with Crippen LogP contribution in [0.5, 0.6) is 0 Å². The molecule has 0 saturated carbocycles. The van der Waals surface area contributed by atoms with E-state index in [2.05, 4.69) is 22.7 Å². The number of hydrazone groups is 1. The van der Waals surface area contributed by atoms with Crippen molar-refractivity contribution in [2.75, 3.05) is 0 Å². The molecular formula is C10H13N3O2S2. The first-order valence-electron chi connectivity index (χ1n) is 4.93. The Morgan fingerprint density at radius 3 is 3.18 bits per heavy atom. The second-order valence-corrected chi connectivity index (χ2v) is 4.49. The van der Waals surface area contributed by atoms with Crippen LogP contribution in [0.3, 0.4) is 0 Å². The predicted molar refractivity (Wildman–Crippen MR) is 71.9 cm³/mol. The van der Waals surface area contributed by atoms with Crippen LogP contribution >= 0.6 is 23.6 Å². The average Bonchev–Trinajstić information content (AvgIpc) is 2.73. The molecule has 17 heavy (non-hydrogen) atoms. The van der Waals surface area contributed by atoms with Crippen LogP contribution in [0.1, 0.15) is 23.8 Å².